The Bertz CT molecular complexity index is 1440. The molecule has 36 heavy (non-hydrogen) atoms. The first-order chi connectivity index (χ1) is 17.2. The molecule has 0 saturated carbocycles. The molecule has 1 amide bonds. The molecule has 3 aromatic rings. The minimum Gasteiger partial charge on any atom is -0.497 e. The summed E-state index contributed by atoms with van der Waals surface area (Å²) in [7, 11) is -1.06. The maximum atomic E-state index is 13.4. The highest BCUT2D eigenvalue weighted by atomic mass is 32.2. The van der Waals surface area contributed by atoms with Gasteiger partial charge >= 0.3 is 0 Å². The van der Waals surface area contributed by atoms with Gasteiger partial charge in [-0.1, -0.05) is 12.1 Å². The Labute approximate surface area is 209 Å². The quantitative estimate of drug-likeness (QED) is 0.498. The second kappa shape index (κ2) is 10.5. The van der Waals surface area contributed by atoms with Gasteiger partial charge in [-0.05, 0) is 44.0 Å². The maximum Gasteiger partial charge on any atom is 0.251 e. The van der Waals surface area contributed by atoms with Crippen LogP contribution in [0.3, 0.4) is 0 Å². The van der Waals surface area contributed by atoms with Gasteiger partial charge in [0.15, 0.2) is 0 Å². The van der Waals surface area contributed by atoms with Crippen LogP contribution in [0.2, 0.25) is 0 Å². The highest BCUT2D eigenvalue weighted by Gasteiger charge is 2.35. The third-order valence-corrected chi connectivity index (χ3v) is 7.90. The fraction of sp³-hybridized carbons (Fsp3) is 0.320. The number of carbonyl (C=O) groups excluding carboxylic acids is 1. The molecule has 190 valence electrons. The number of methoxy groups -OCH3 is 2. The summed E-state index contributed by atoms with van der Waals surface area (Å²) in [6, 6.07) is 13.0. The summed E-state index contributed by atoms with van der Waals surface area (Å²) < 4.78 is 38.7. The van der Waals surface area contributed by atoms with Crippen molar-refractivity contribution in [2.45, 2.75) is 24.7 Å². The number of nitrogens with one attached hydrogen (secondary N) is 2. The van der Waals surface area contributed by atoms with E-state index in [9.17, 15) is 18.0 Å². The number of nitrogens with zero attached hydrogens (tertiary/aromatic N) is 2. The van der Waals surface area contributed by atoms with Crippen molar-refractivity contribution in [3.05, 3.63) is 64.6 Å². The molecule has 4 rings (SSSR count). The van der Waals surface area contributed by atoms with Crippen LogP contribution in [-0.2, 0) is 14.8 Å². The van der Waals surface area contributed by atoms with Gasteiger partial charge in [-0.25, -0.2) is 13.4 Å². The molecule has 2 N–H and O–H groups in total. The third-order valence-electron chi connectivity index (χ3n) is 6.02. The van der Waals surface area contributed by atoms with Crippen LogP contribution < -0.4 is 20.3 Å². The number of anilines is 1. The monoisotopic (exact) mass is 512 g/mol. The normalized spacial score (nSPS) is 16.4. The molecule has 1 aromatic heterocycles. The smallest absolute Gasteiger partial charge is 0.251 e. The van der Waals surface area contributed by atoms with Gasteiger partial charge in [0, 0.05) is 42.2 Å². The number of amides is 1. The van der Waals surface area contributed by atoms with Gasteiger partial charge in [0.25, 0.3) is 5.56 Å². The van der Waals surface area contributed by atoms with Crippen molar-refractivity contribution < 1.29 is 22.7 Å². The van der Waals surface area contributed by atoms with Gasteiger partial charge in [-0.15, -0.1) is 0 Å². The molecule has 10 nitrogen and oxygen atoms in total. The van der Waals surface area contributed by atoms with Gasteiger partial charge < -0.3 is 19.8 Å². The van der Waals surface area contributed by atoms with E-state index in [1.807, 2.05) is 0 Å². The van der Waals surface area contributed by atoms with Crippen LogP contribution in [0.4, 0.5) is 5.69 Å². The molecule has 1 atom stereocenters. The summed E-state index contributed by atoms with van der Waals surface area (Å²) >= 11 is 0. The summed E-state index contributed by atoms with van der Waals surface area (Å²) in [5.74, 6) is 0.186. The van der Waals surface area contributed by atoms with E-state index in [1.165, 1.54) is 30.7 Å². The van der Waals surface area contributed by atoms with Crippen molar-refractivity contribution in [3.8, 4) is 22.9 Å². The van der Waals surface area contributed by atoms with Crippen LogP contribution in [0.25, 0.3) is 11.4 Å². The standard InChI is InChI=1S/C25H28N4O6S/c1-16-12-23(30)28-24(26-16)17-6-4-8-19(13-17)27-25(31)18-7-5-11-29(15-18)36(32,33)22-14-20(34-2)9-10-21(22)35-3/h4,6,8-10,12-14,18H,5,7,11,15H2,1-3H3,(H,27,31)(H,26,28,30). The topological polar surface area (TPSA) is 131 Å². The van der Waals surface area contributed by atoms with E-state index >= 15 is 0 Å². The van der Waals surface area contributed by atoms with E-state index in [-0.39, 0.29) is 28.7 Å². The number of aryl methyl sites for hydroxylation is 1. The van der Waals surface area contributed by atoms with Gasteiger partial charge in [-0.3, -0.25) is 9.59 Å². The van der Waals surface area contributed by atoms with E-state index in [2.05, 4.69) is 15.3 Å². The number of hydrogen-bond donors (Lipinski definition) is 2. The summed E-state index contributed by atoms with van der Waals surface area (Å²) in [6.45, 7) is 2.07. The first-order valence-electron chi connectivity index (χ1n) is 11.4. The lowest BCUT2D eigenvalue weighted by Crippen LogP contribution is -2.43. The molecule has 0 bridgehead atoms. The Balaban J connectivity index is 1.52. The van der Waals surface area contributed by atoms with Gasteiger partial charge in [0.05, 0.1) is 20.1 Å². The predicted octanol–water partition coefficient (Wildman–Crippen LogP) is 2.80. The molecule has 1 fully saturated rings. The number of piperidine rings is 1. The summed E-state index contributed by atoms with van der Waals surface area (Å²) in [5.41, 5.74) is 1.49. The number of aromatic nitrogens is 2. The Kier molecular flexibility index (Phi) is 7.41. The minimum absolute atomic E-state index is 0.00208. The van der Waals surface area contributed by atoms with Crippen LogP contribution in [0.15, 0.2) is 58.2 Å². The van der Waals surface area contributed by atoms with Crippen molar-refractivity contribution in [2.75, 3.05) is 32.6 Å². The Morgan fingerprint density at radius 3 is 2.67 bits per heavy atom. The highest BCUT2D eigenvalue weighted by Crippen LogP contribution is 2.33. The van der Waals surface area contributed by atoms with E-state index < -0.39 is 15.9 Å². The molecule has 1 aliphatic rings. The number of rotatable bonds is 7. The summed E-state index contributed by atoms with van der Waals surface area (Å²) in [6.07, 6.45) is 1.09. The fourth-order valence-electron chi connectivity index (χ4n) is 4.20. The zero-order valence-electron chi connectivity index (χ0n) is 20.3. The second-order valence-electron chi connectivity index (χ2n) is 8.52. The van der Waals surface area contributed by atoms with Gasteiger partial charge in [0.1, 0.15) is 22.2 Å². The fourth-order valence-corrected chi connectivity index (χ4v) is 5.90. The summed E-state index contributed by atoms with van der Waals surface area (Å²) in [4.78, 5) is 32.0. The zero-order valence-corrected chi connectivity index (χ0v) is 21.1. The van der Waals surface area contributed by atoms with Crippen LogP contribution in [-0.4, -0.2) is 55.9 Å². The lowest BCUT2D eigenvalue weighted by atomic mass is 9.98. The second-order valence-corrected chi connectivity index (χ2v) is 10.4. The minimum atomic E-state index is -3.92. The van der Waals surface area contributed by atoms with Crippen molar-refractivity contribution in [3.63, 3.8) is 0 Å². The van der Waals surface area contributed by atoms with Crippen LogP contribution in [0, 0.1) is 12.8 Å². The van der Waals surface area contributed by atoms with Gasteiger partial charge in [0.2, 0.25) is 15.9 Å². The molecule has 11 heteroatoms. The number of benzene rings is 2. The molecule has 1 aliphatic heterocycles. The highest BCUT2D eigenvalue weighted by molar-refractivity contribution is 7.89. The first kappa shape index (κ1) is 25.4. The largest absolute Gasteiger partial charge is 0.497 e. The average molecular weight is 513 g/mol. The lowest BCUT2D eigenvalue weighted by Gasteiger charge is -2.31. The number of hydrogen-bond acceptors (Lipinski definition) is 7. The Morgan fingerprint density at radius 1 is 1.14 bits per heavy atom. The zero-order chi connectivity index (χ0) is 25.9. The molecule has 1 unspecified atom stereocenters. The molecule has 0 spiro atoms. The lowest BCUT2D eigenvalue weighted by molar-refractivity contribution is -0.120. The molecule has 2 aromatic carbocycles. The molecular formula is C25H28N4O6S. The van der Waals surface area contributed by atoms with Crippen molar-refractivity contribution in [1.82, 2.24) is 14.3 Å². The number of carbonyl (C=O) groups is 1. The van der Waals surface area contributed by atoms with E-state index in [0.29, 0.717) is 47.9 Å². The van der Waals surface area contributed by atoms with Crippen LogP contribution in [0.5, 0.6) is 11.5 Å². The molecular weight excluding hydrogens is 484 g/mol. The van der Waals surface area contributed by atoms with E-state index in [1.54, 1.807) is 43.3 Å². The average Bonchev–Trinajstić information content (AvgIpc) is 2.88. The molecule has 1 saturated heterocycles. The Hall–Kier alpha value is -3.70. The van der Waals surface area contributed by atoms with Crippen molar-refractivity contribution >= 4 is 21.6 Å². The maximum absolute atomic E-state index is 13.4. The number of aromatic amines is 1. The first-order valence-corrected chi connectivity index (χ1v) is 12.9. The number of H-pyrrole nitrogens is 1. The molecule has 0 radical (unpaired) electrons. The Morgan fingerprint density at radius 2 is 1.94 bits per heavy atom. The van der Waals surface area contributed by atoms with Crippen molar-refractivity contribution in [2.24, 2.45) is 5.92 Å². The van der Waals surface area contributed by atoms with Crippen molar-refractivity contribution in [1.29, 1.82) is 0 Å². The van der Waals surface area contributed by atoms with Gasteiger partial charge in [-0.2, -0.15) is 4.31 Å². The van der Waals surface area contributed by atoms with Crippen LogP contribution in [0.1, 0.15) is 18.5 Å². The van der Waals surface area contributed by atoms with Crippen LogP contribution >= 0.6 is 0 Å². The predicted molar refractivity (Wildman–Crippen MR) is 135 cm³/mol. The number of ether oxygens (including phenoxy) is 2. The SMILES string of the molecule is COc1ccc(OC)c(S(=O)(=O)N2CCCC(C(=O)Nc3cccc(-c4nc(C)cc(=O)[nH]4)c3)C2)c1. The van der Waals surface area contributed by atoms with E-state index in [0.717, 1.165) is 0 Å². The molecule has 0 aliphatic carbocycles. The molecule has 2 heterocycles. The van der Waals surface area contributed by atoms with E-state index in [4.69, 9.17) is 9.47 Å². The number of sulfonamides is 1. The third kappa shape index (κ3) is 5.42. The summed E-state index contributed by atoms with van der Waals surface area (Å²) in [5, 5.41) is 2.88.